The number of sulfonamides is 1. The molecule has 1 N–H and O–H groups in total. The molecule has 1 atom stereocenters. The van der Waals surface area contributed by atoms with Gasteiger partial charge in [0.05, 0.1) is 10.6 Å². The molecule has 1 aliphatic rings. The third-order valence-electron chi connectivity index (χ3n) is 4.64. The molecule has 0 radical (unpaired) electrons. The van der Waals surface area contributed by atoms with Crippen molar-refractivity contribution in [2.45, 2.75) is 17.4 Å². The first-order valence-electron chi connectivity index (χ1n) is 8.70. The predicted molar refractivity (Wildman–Crippen MR) is 110 cm³/mol. The Balaban J connectivity index is 1.74. The smallest absolute Gasteiger partial charge is 0.265 e. The van der Waals surface area contributed by atoms with E-state index in [4.69, 9.17) is 11.6 Å². The lowest BCUT2D eigenvalue weighted by Crippen LogP contribution is -2.45. The van der Waals surface area contributed by atoms with Crippen LogP contribution in [0.2, 0.25) is 5.02 Å². The Labute approximate surface area is 168 Å². The molecule has 7 heteroatoms. The molecule has 0 saturated heterocycles. The van der Waals surface area contributed by atoms with Gasteiger partial charge in [-0.15, -0.1) is 0 Å². The number of carbonyl (C=O) groups is 1. The van der Waals surface area contributed by atoms with Gasteiger partial charge in [-0.3, -0.25) is 9.10 Å². The van der Waals surface area contributed by atoms with Gasteiger partial charge >= 0.3 is 0 Å². The van der Waals surface area contributed by atoms with E-state index in [9.17, 15) is 13.2 Å². The minimum atomic E-state index is -3.94. The Bertz CT molecular complexity index is 1120. The second kappa shape index (κ2) is 7.30. The zero-order valence-electron chi connectivity index (χ0n) is 14.7. The van der Waals surface area contributed by atoms with Crippen LogP contribution in [0.1, 0.15) is 5.56 Å². The highest BCUT2D eigenvalue weighted by molar-refractivity contribution is 7.93. The Hall–Kier alpha value is -2.83. The number of hydrogen-bond donors (Lipinski definition) is 1. The van der Waals surface area contributed by atoms with E-state index in [0.717, 1.165) is 5.56 Å². The SMILES string of the molecule is O=C(Nc1ccccc1)[C@H]1Cc2ccccc2N1S(=O)(=O)c1ccc(Cl)cc1. The molecule has 0 unspecified atom stereocenters. The molecule has 0 spiro atoms. The molecule has 5 nitrogen and oxygen atoms in total. The van der Waals surface area contributed by atoms with E-state index in [-0.39, 0.29) is 10.8 Å². The van der Waals surface area contributed by atoms with Crippen LogP contribution in [-0.2, 0) is 21.2 Å². The molecule has 0 aliphatic carbocycles. The fourth-order valence-electron chi connectivity index (χ4n) is 3.32. The predicted octanol–water partition coefficient (Wildman–Crippen LogP) is 4.10. The van der Waals surface area contributed by atoms with Gasteiger partial charge in [0.25, 0.3) is 10.0 Å². The van der Waals surface area contributed by atoms with Crippen LogP contribution in [0.25, 0.3) is 0 Å². The van der Waals surface area contributed by atoms with Crippen LogP contribution in [0, 0.1) is 0 Å². The molecule has 4 rings (SSSR count). The maximum absolute atomic E-state index is 13.4. The Kier molecular flexibility index (Phi) is 4.83. The number of rotatable bonds is 4. The number of amides is 1. The lowest BCUT2D eigenvalue weighted by molar-refractivity contribution is -0.117. The third-order valence-corrected chi connectivity index (χ3v) is 6.73. The minimum Gasteiger partial charge on any atom is -0.324 e. The van der Waals surface area contributed by atoms with Crippen molar-refractivity contribution in [3.8, 4) is 0 Å². The Morgan fingerprint density at radius 1 is 0.929 bits per heavy atom. The van der Waals surface area contributed by atoms with Crippen LogP contribution in [0.15, 0.2) is 83.8 Å². The first-order valence-corrected chi connectivity index (χ1v) is 10.5. The van der Waals surface area contributed by atoms with Crippen molar-refractivity contribution in [3.63, 3.8) is 0 Å². The fourth-order valence-corrected chi connectivity index (χ4v) is 5.10. The first kappa shape index (κ1) is 18.5. The molecule has 142 valence electrons. The lowest BCUT2D eigenvalue weighted by atomic mass is 10.1. The molecule has 3 aromatic carbocycles. The average molecular weight is 413 g/mol. The highest BCUT2D eigenvalue weighted by atomic mass is 35.5. The van der Waals surface area contributed by atoms with Crippen LogP contribution in [0.4, 0.5) is 11.4 Å². The highest BCUT2D eigenvalue weighted by Gasteiger charge is 2.42. The summed E-state index contributed by atoms with van der Waals surface area (Å²) in [5.74, 6) is -0.375. The number of anilines is 2. The fraction of sp³-hybridized carbons (Fsp3) is 0.0952. The van der Waals surface area contributed by atoms with Crippen LogP contribution in [0.5, 0.6) is 0 Å². The topological polar surface area (TPSA) is 66.5 Å². The molecule has 28 heavy (non-hydrogen) atoms. The van der Waals surface area contributed by atoms with Crippen molar-refractivity contribution >= 4 is 38.9 Å². The number of carbonyl (C=O) groups excluding carboxylic acids is 1. The van der Waals surface area contributed by atoms with E-state index < -0.39 is 16.1 Å². The summed E-state index contributed by atoms with van der Waals surface area (Å²) in [6.07, 6.45) is 0.307. The van der Waals surface area contributed by atoms with Crippen molar-refractivity contribution in [3.05, 3.63) is 89.4 Å². The van der Waals surface area contributed by atoms with Gasteiger partial charge in [0.1, 0.15) is 6.04 Å². The summed E-state index contributed by atoms with van der Waals surface area (Å²) in [4.78, 5) is 13.1. The molecule has 0 fully saturated rings. The number of hydrogen-bond acceptors (Lipinski definition) is 3. The zero-order chi connectivity index (χ0) is 19.7. The normalized spacial score (nSPS) is 15.9. The number of benzene rings is 3. The van der Waals surface area contributed by atoms with Gasteiger partial charge in [-0.1, -0.05) is 48.0 Å². The summed E-state index contributed by atoms with van der Waals surface area (Å²) in [5.41, 5.74) is 1.95. The van der Waals surface area contributed by atoms with E-state index in [1.165, 1.54) is 28.6 Å². The third kappa shape index (κ3) is 3.37. The van der Waals surface area contributed by atoms with Gasteiger partial charge in [0, 0.05) is 17.1 Å². The summed E-state index contributed by atoms with van der Waals surface area (Å²) in [5, 5.41) is 3.26. The minimum absolute atomic E-state index is 0.0890. The maximum atomic E-state index is 13.4. The van der Waals surface area contributed by atoms with Gasteiger partial charge in [0.15, 0.2) is 0 Å². The summed E-state index contributed by atoms with van der Waals surface area (Å²) in [6, 6.07) is 21.2. The molecule has 1 amide bonds. The van der Waals surface area contributed by atoms with E-state index in [1.807, 2.05) is 18.2 Å². The van der Waals surface area contributed by atoms with Crippen molar-refractivity contribution < 1.29 is 13.2 Å². The van der Waals surface area contributed by atoms with Crippen molar-refractivity contribution in [2.24, 2.45) is 0 Å². The summed E-state index contributed by atoms with van der Waals surface area (Å²) >= 11 is 5.90. The van der Waals surface area contributed by atoms with Crippen LogP contribution < -0.4 is 9.62 Å². The molecule has 0 bridgehead atoms. The van der Waals surface area contributed by atoms with Crippen molar-refractivity contribution in [1.82, 2.24) is 0 Å². The van der Waals surface area contributed by atoms with Gasteiger partial charge in [-0.05, 0) is 48.0 Å². The number of nitrogens with zero attached hydrogens (tertiary/aromatic N) is 1. The summed E-state index contributed by atoms with van der Waals surface area (Å²) in [7, 11) is -3.94. The first-order chi connectivity index (χ1) is 13.5. The molecule has 1 heterocycles. The maximum Gasteiger partial charge on any atom is 0.265 e. The molecular formula is C21H17ClN2O3S. The van der Waals surface area contributed by atoms with Crippen molar-refractivity contribution in [1.29, 1.82) is 0 Å². The summed E-state index contributed by atoms with van der Waals surface area (Å²) in [6.45, 7) is 0. The highest BCUT2D eigenvalue weighted by Crippen LogP contribution is 2.37. The molecular weight excluding hydrogens is 396 g/mol. The molecule has 0 aromatic heterocycles. The monoisotopic (exact) mass is 412 g/mol. The Morgan fingerprint density at radius 3 is 2.29 bits per heavy atom. The summed E-state index contributed by atoms with van der Waals surface area (Å²) < 4.78 is 28.0. The molecule has 1 aliphatic heterocycles. The second-order valence-electron chi connectivity index (χ2n) is 6.46. The molecule has 3 aromatic rings. The van der Waals surface area contributed by atoms with E-state index in [0.29, 0.717) is 22.8 Å². The Morgan fingerprint density at radius 2 is 1.57 bits per heavy atom. The van der Waals surface area contributed by atoms with Crippen molar-refractivity contribution in [2.75, 3.05) is 9.62 Å². The lowest BCUT2D eigenvalue weighted by Gasteiger charge is -2.26. The standard InChI is InChI=1S/C21H17ClN2O3S/c22-16-10-12-18(13-11-16)28(26,27)24-19-9-5-4-6-15(19)14-20(24)21(25)23-17-7-2-1-3-8-17/h1-13,20H,14H2,(H,23,25)/t20-/m1/s1. The van der Waals surface area contributed by atoms with Gasteiger partial charge < -0.3 is 5.32 Å². The average Bonchev–Trinajstić information content (AvgIpc) is 3.10. The van der Waals surface area contributed by atoms with Gasteiger partial charge in [-0.25, -0.2) is 8.42 Å². The van der Waals surface area contributed by atoms with E-state index >= 15 is 0 Å². The van der Waals surface area contributed by atoms with Gasteiger partial charge in [0.2, 0.25) is 5.91 Å². The van der Waals surface area contributed by atoms with E-state index in [2.05, 4.69) is 5.32 Å². The zero-order valence-corrected chi connectivity index (χ0v) is 16.3. The van der Waals surface area contributed by atoms with Crippen LogP contribution in [0.3, 0.4) is 0 Å². The number of fused-ring (bicyclic) bond motifs is 1. The van der Waals surface area contributed by atoms with Gasteiger partial charge in [-0.2, -0.15) is 0 Å². The van der Waals surface area contributed by atoms with Crippen LogP contribution >= 0.6 is 11.6 Å². The quantitative estimate of drug-likeness (QED) is 0.701. The number of halogens is 1. The van der Waals surface area contributed by atoms with Crippen LogP contribution in [-0.4, -0.2) is 20.4 Å². The van der Waals surface area contributed by atoms with E-state index in [1.54, 1.807) is 36.4 Å². The largest absolute Gasteiger partial charge is 0.324 e. The molecule has 0 saturated carbocycles. The number of para-hydroxylation sites is 2. The number of nitrogens with one attached hydrogen (secondary N) is 1. The second-order valence-corrected chi connectivity index (χ2v) is 8.71.